The zero-order chi connectivity index (χ0) is 18.5. The summed E-state index contributed by atoms with van der Waals surface area (Å²) in [6.45, 7) is 0.134. The van der Waals surface area contributed by atoms with Crippen molar-refractivity contribution in [3.05, 3.63) is 65.4 Å². The van der Waals surface area contributed by atoms with Gasteiger partial charge in [0, 0.05) is 6.20 Å². The molecule has 0 atom stereocenters. The largest absolute Gasteiger partial charge is 0.472 e. The second kappa shape index (κ2) is 7.44. The van der Waals surface area contributed by atoms with Crippen molar-refractivity contribution in [1.29, 1.82) is 5.26 Å². The number of allylic oxidation sites excluding steroid dienone is 1. The van der Waals surface area contributed by atoms with E-state index in [4.69, 9.17) is 15.7 Å². The number of nitriles is 1. The zero-order valence-corrected chi connectivity index (χ0v) is 13.6. The molecule has 1 amide bonds. The van der Waals surface area contributed by atoms with Crippen molar-refractivity contribution in [2.75, 3.05) is 0 Å². The monoisotopic (exact) mass is 351 g/mol. The number of nitrogens with two attached hydrogens (primary N) is 1. The minimum absolute atomic E-state index is 0.126. The quantitative estimate of drug-likeness (QED) is 0.521. The molecule has 0 saturated heterocycles. The molecule has 3 aromatic rings. The Morgan fingerprint density at radius 2 is 2.27 bits per heavy atom. The third-order valence-electron chi connectivity index (χ3n) is 3.69. The molecule has 2 aromatic heterocycles. The summed E-state index contributed by atoms with van der Waals surface area (Å²) in [4.78, 5) is 22.4. The fraction of sp³-hybridized carbons (Fsp3) is 0.111. The number of primary amides is 1. The van der Waals surface area contributed by atoms with Crippen molar-refractivity contribution in [2.45, 2.75) is 13.0 Å². The summed E-state index contributed by atoms with van der Waals surface area (Å²) in [5.74, 6) is -0.811. The van der Waals surface area contributed by atoms with Crippen molar-refractivity contribution < 1.29 is 13.9 Å². The van der Waals surface area contributed by atoms with Crippen LogP contribution in [0.3, 0.4) is 0 Å². The number of aromatic amines is 1. The topological polar surface area (TPSA) is 118 Å². The minimum Gasteiger partial charge on any atom is -0.472 e. The fourth-order valence-electron chi connectivity index (χ4n) is 2.46. The van der Waals surface area contributed by atoms with E-state index in [0.29, 0.717) is 22.5 Å². The number of rotatable bonds is 6. The summed E-state index contributed by atoms with van der Waals surface area (Å²) in [6, 6.07) is 7.84. The Kier molecular flexibility index (Phi) is 4.90. The van der Waals surface area contributed by atoms with Gasteiger partial charge in [-0.15, -0.1) is 0 Å². The molecule has 1 aromatic carbocycles. The smallest absolute Gasteiger partial charge is 0.259 e. The molecular weight excluding hydrogens is 337 g/mol. The number of carbonyl (C=O) groups is 1. The molecule has 7 nitrogen and oxygen atoms in total. The highest BCUT2D eigenvalue weighted by molar-refractivity contribution is 5.96. The van der Waals surface area contributed by atoms with Gasteiger partial charge in [0.15, 0.2) is 0 Å². The van der Waals surface area contributed by atoms with E-state index < -0.39 is 5.91 Å². The van der Waals surface area contributed by atoms with Gasteiger partial charge in [-0.1, -0.05) is 18.2 Å². The Labute approximate surface area is 147 Å². The Morgan fingerprint density at radius 1 is 1.42 bits per heavy atom. The first-order chi connectivity index (χ1) is 12.6. The molecule has 0 bridgehead atoms. The Hall–Kier alpha value is -3.73. The number of hydrogen-bond donors (Lipinski definition) is 2. The van der Waals surface area contributed by atoms with E-state index in [-0.39, 0.29) is 24.4 Å². The number of aromatic nitrogens is 3. The summed E-state index contributed by atoms with van der Waals surface area (Å²) in [5.41, 5.74) is 6.96. The molecule has 2 heterocycles. The second-order valence-corrected chi connectivity index (χ2v) is 5.43. The predicted molar refractivity (Wildman–Crippen MR) is 91.2 cm³/mol. The maximum atomic E-state index is 13.3. The lowest BCUT2D eigenvalue weighted by Gasteiger charge is -2.07. The molecule has 0 aliphatic heterocycles. The van der Waals surface area contributed by atoms with Gasteiger partial charge in [0.2, 0.25) is 5.88 Å². The number of nitrogens with zero attached hydrogens (tertiary/aromatic N) is 3. The van der Waals surface area contributed by atoms with Crippen LogP contribution in [-0.4, -0.2) is 20.9 Å². The van der Waals surface area contributed by atoms with E-state index in [1.165, 1.54) is 24.5 Å². The van der Waals surface area contributed by atoms with Crippen molar-refractivity contribution in [1.82, 2.24) is 15.0 Å². The molecule has 130 valence electrons. The van der Waals surface area contributed by atoms with Crippen LogP contribution in [0.15, 0.2) is 48.4 Å². The fourth-order valence-corrected chi connectivity index (χ4v) is 2.46. The minimum atomic E-state index is -0.786. The van der Waals surface area contributed by atoms with Crippen molar-refractivity contribution >= 4 is 16.9 Å². The average Bonchev–Trinajstić information content (AvgIpc) is 3.04. The number of halogens is 1. The van der Waals surface area contributed by atoms with Crippen molar-refractivity contribution in [3.8, 4) is 11.9 Å². The standard InChI is InChI=1S/C18H14FN5O2/c19-14-3-1-2-11(6-14)9-26-18-15-13(5-4-12(7-20)16(21)25)8-22-17(15)23-10-24-18/h1-4,6,8,10H,5,9H2,(H2,21,25)(H,22,23,24)/b12-4+. The van der Waals surface area contributed by atoms with Gasteiger partial charge < -0.3 is 15.5 Å². The number of nitrogens with one attached hydrogen (secondary N) is 1. The van der Waals surface area contributed by atoms with Gasteiger partial charge in [-0.05, 0) is 29.7 Å². The first kappa shape index (κ1) is 17.1. The Bertz CT molecular complexity index is 1040. The number of H-pyrrole nitrogens is 1. The Morgan fingerprint density at radius 3 is 3.00 bits per heavy atom. The lowest BCUT2D eigenvalue weighted by molar-refractivity contribution is -0.114. The van der Waals surface area contributed by atoms with Gasteiger partial charge in [-0.25, -0.2) is 14.4 Å². The predicted octanol–water partition coefficient (Wildman–Crippen LogP) is 2.15. The van der Waals surface area contributed by atoms with Crippen LogP contribution in [0.5, 0.6) is 5.88 Å². The molecule has 0 radical (unpaired) electrons. The average molecular weight is 351 g/mol. The summed E-state index contributed by atoms with van der Waals surface area (Å²) < 4.78 is 19.0. The molecule has 0 aliphatic rings. The Balaban J connectivity index is 1.88. The van der Waals surface area contributed by atoms with Crippen LogP contribution in [-0.2, 0) is 17.8 Å². The molecule has 0 fully saturated rings. The summed E-state index contributed by atoms with van der Waals surface area (Å²) in [7, 11) is 0. The highest BCUT2D eigenvalue weighted by Crippen LogP contribution is 2.26. The van der Waals surface area contributed by atoms with Crippen LogP contribution in [0, 0.1) is 17.1 Å². The molecular formula is C18H14FN5O2. The van der Waals surface area contributed by atoms with Crippen molar-refractivity contribution in [2.24, 2.45) is 5.73 Å². The van der Waals surface area contributed by atoms with Crippen LogP contribution < -0.4 is 10.5 Å². The maximum absolute atomic E-state index is 13.3. The van der Waals surface area contributed by atoms with Gasteiger partial charge in [-0.2, -0.15) is 5.26 Å². The number of carbonyl (C=O) groups excluding carboxylic acids is 1. The van der Waals surface area contributed by atoms with Crippen LogP contribution >= 0.6 is 0 Å². The number of amides is 1. The van der Waals surface area contributed by atoms with E-state index >= 15 is 0 Å². The van der Waals surface area contributed by atoms with E-state index in [1.807, 2.05) is 0 Å². The third-order valence-corrected chi connectivity index (χ3v) is 3.69. The summed E-state index contributed by atoms with van der Waals surface area (Å²) >= 11 is 0. The zero-order valence-electron chi connectivity index (χ0n) is 13.6. The van der Waals surface area contributed by atoms with Gasteiger partial charge >= 0.3 is 0 Å². The van der Waals surface area contributed by atoms with Crippen molar-refractivity contribution in [3.63, 3.8) is 0 Å². The maximum Gasteiger partial charge on any atom is 0.259 e. The highest BCUT2D eigenvalue weighted by atomic mass is 19.1. The van der Waals surface area contributed by atoms with Crippen LogP contribution in [0.2, 0.25) is 0 Å². The number of ether oxygens (including phenoxy) is 1. The lowest BCUT2D eigenvalue weighted by Crippen LogP contribution is -2.12. The summed E-state index contributed by atoms with van der Waals surface area (Å²) in [6.07, 6.45) is 4.76. The SMILES string of the molecule is N#C/C(=C\Cc1c[nH]c2ncnc(OCc3cccc(F)c3)c12)C(N)=O. The van der Waals surface area contributed by atoms with Gasteiger partial charge in [0.25, 0.3) is 5.91 Å². The van der Waals surface area contributed by atoms with E-state index in [0.717, 1.165) is 5.56 Å². The van der Waals surface area contributed by atoms with E-state index in [2.05, 4.69) is 15.0 Å². The van der Waals surface area contributed by atoms with Crippen LogP contribution in [0.4, 0.5) is 4.39 Å². The first-order valence-corrected chi connectivity index (χ1v) is 7.66. The molecule has 0 spiro atoms. The number of fused-ring (bicyclic) bond motifs is 1. The lowest BCUT2D eigenvalue weighted by atomic mass is 10.1. The normalized spacial score (nSPS) is 11.3. The molecule has 3 N–H and O–H groups in total. The number of benzene rings is 1. The number of hydrogen-bond acceptors (Lipinski definition) is 5. The molecule has 0 unspecified atom stereocenters. The molecule has 26 heavy (non-hydrogen) atoms. The third kappa shape index (κ3) is 3.67. The van der Waals surface area contributed by atoms with Gasteiger partial charge in [0.1, 0.15) is 36.0 Å². The van der Waals surface area contributed by atoms with E-state index in [9.17, 15) is 9.18 Å². The van der Waals surface area contributed by atoms with Crippen LogP contribution in [0.25, 0.3) is 11.0 Å². The molecule has 0 saturated carbocycles. The van der Waals surface area contributed by atoms with E-state index in [1.54, 1.807) is 24.4 Å². The highest BCUT2D eigenvalue weighted by Gasteiger charge is 2.13. The van der Waals surface area contributed by atoms with Crippen LogP contribution in [0.1, 0.15) is 11.1 Å². The van der Waals surface area contributed by atoms with Gasteiger partial charge in [-0.3, -0.25) is 4.79 Å². The second-order valence-electron chi connectivity index (χ2n) is 5.43. The molecule has 8 heteroatoms. The van der Waals surface area contributed by atoms with Gasteiger partial charge in [0.05, 0.1) is 5.39 Å². The first-order valence-electron chi connectivity index (χ1n) is 7.66. The molecule has 3 rings (SSSR count). The molecule has 0 aliphatic carbocycles. The summed E-state index contributed by atoms with van der Waals surface area (Å²) in [5, 5.41) is 9.55.